The minimum absolute atomic E-state index is 0.117. The molecule has 2 N–H and O–H groups in total. The molecule has 0 saturated heterocycles. The molecule has 0 spiro atoms. The van der Waals surface area contributed by atoms with E-state index in [9.17, 15) is 4.79 Å². The molecule has 1 aromatic rings. The van der Waals surface area contributed by atoms with Crippen LogP contribution in [0.25, 0.3) is 0 Å². The second kappa shape index (κ2) is 9.50. The first-order valence-electron chi connectivity index (χ1n) is 7.38. The SMILES string of the molecule is CCNC(=O)CC(CN(C)Cc1ccccc1)NCC. The summed E-state index contributed by atoms with van der Waals surface area (Å²) in [5.41, 5.74) is 1.29. The van der Waals surface area contributed by atoms with Gasteiger partial charge in [-0.05, 0) is 26.1 Å². The van der Waals surface area contributed by atoms with Crippen LogP contribution in [0.15, 0.2) is 30.3 Å². The van der Waals surface area contributed by atoms with Crippen molar-refractivity contribution in [3.05, 3.63) is 35.9 Å². The zero-order valence-electron chi connectivity index (χ0n) is 12.9. The highest BCUT2D eigenvalue weighted by atomic mass is 16.1. The highest BCUT2D eigenvalue weighted by Crippen LogP contribution is 2.04. The lowest BCUT2D eigenvalue weighted by molar-refractivity contribution is -0.121. The van der Waals surface area contributed by atoms with Gasteiger partial charge in [0.05, 0.1) is 0 Å². The van der Waals surface area contributed by atoms with Crippen LogP contribution in [-0.2, 0) is 11.3 Å². The lowest BCUT2D eigenvalue weighted by Crippen LogP contribution is -2.42. The fourth-order valence-electron chi connectivity index (χ4n) is 2.32. The summed E-state index contributed by atoms with van der Waals surface area (Å²) in [4.78, 5) is 14.0. The van der Waals surface area contributed by atoms with E-state index in [1.165, 1.54) is 5.56 Å². The monoisotopic (exact) mass is 277 g/mol. The molecular formula is C16H27N3O. The Hall–Kier alpha value is -1.39. The lowest BCUT2D eigenvalue weighted by Gasteiger charge is -2.24. The normalized spacial score (nSPS) is 12.4. The van der Waals surface area contributed by atoms with E-state index in [4.69, 9.17) is 0 Å². The van der Waals surface area contributed by atoms with E-state index in [0.717, 1.165) is 19.6 Å². The average Bonchev–Trinajstić information content (AvgIpc) is 2.40. The van der Waals surface area contributed by atoms with Crippen LogP contribution in [0, 0.1) is 0 Å². The number of likely N-dealkylation sites (N-methyl/N-ethyl adjacent to an activating group) is 2. The van der Waals surface area contributed by atoms with Crippen LogP contribution in [0.2, 0.25) is 0 Å². The molecule has 0 aromatic heterocycles. The maximum Gasteiger partial charge on any atom is 0.221 e. The number of hydrogen-bond donors (Lipinski definition) is 2. The molecule has 1 amide bonds. The fourth-order valence-corrected chi connectivity index (χ4v) is 2.32. The molecule has 1 atom stereocenters. The third-order valence-electron chi connectivity index (χ3n) is 3.13. The quantitative estimate of drug-likeness (QED) is 0.721. The van der Waals surface area contributed by atoms with E-state index in [1.807, 2.05) is 13.0 Å². The van der Waals surface area contributed by atoms with Crippen molar-refractivity contribution in [1.82, 2.24) is 15.5 Å². The zero-order chi connectivity index (χ0) is 14.8. The molecule has 0 radical (unpaired) electrons. The van der Waals surface area contributed by atoms with Gasteiger partial charge < -0.3 is 15.5 Å². The summed E-state index contributed by atoms with van der Waals surface area (Å²) in [5.74, 6) is 0.117. The summed E-state index contributed by atoms with van der Waals surface area (Å²) in [6.45, 7) is 7.35. The number of nitrogens with zero attached hydrogens (tertiary/aromatic N) is 1. The van der Waals surface area contributed by atoms with Gasteiger partial charge in [-0.1, -0.05) is 37.3 Å². The zero-order valence-corrected chi connectivity index (χ0v) is 12.9. The summed E-state index contributed by atoms with van der Waals surface area (Å²) >= 11 is 0. The van der Waals surface area contributed by atoms with Crippen molar-refractivity contribution in [2.45, 2.75) is 32.9 Å². The van der Waals surface area contributed by atoms with Crippen molar-refractivity contribution in [2.24, 2.45) is 0 Å². The predicted molar refractivity (Wildman–Crippen MR) is 83.5 cm³/mol. The van der Waals surface area contributed by atoms with Crippen LogP contribution in [0.3, 0.4) is 0 Å². The van der Waals surface area contributed by atoms with E-state index < -0.39 is 0 Å². The first kappa shape index (κ1) is 16.7. The van der Waals surface area contributed by atoms with Gasteiger partial charge in [0, 0.05) is 32.1 Å². The Morgan fingerprint density at radius 3 is 2.50 bits per heavy atom. The topological polar surface area (TPSA) is 44.4 Å². The van der Waals surface area contributed by atoms with Crippen LogP contribution in [0.5, 0.6) is 0 Å². The Labute approximate surface area is 122 Å². The van der Waals surface area contributed by atoms with Gasteiger partial charge >= 0.3 is 0 Å². The van der Waals surface area contributed by atoms with Crippen LogP contribution >= 0.6 is 0 Å². The van der Waals surface area contributed by atoms with Crippen LogP contribution in [0.4, 0.5) is 0 Å². The average molecular weight is 277 g/mol. The Morgan fingerprint density at radius 1 is 1.20 bits per heavy atom. The first-order valence-corrected chi connectivity index (χ1v) is 7.38. The van der Waals surface area contributed by atoms with Crippen molar-refractivity contribution in [3.63, 3.8) is 0 Å². The summed E-state index contributed by atoms with van der Waals surface area (Å²) in [5, 5.41) is 6.25. The van der Waals surface area contributed by atoms with Gasteiger partial charge in [0.1, 0.15) is 0 Å². The maximum absolute atomic E-state index is 11.7. The smallest absolute Gasteiger partial charge is 0.221 e. The molecule has 0 aliphatic heterocycles. The predicted octanol–water partition coefficient (Wildman–Crippen LogP) is 1.62. The Bertz CT molecular complexity index is 381. The molecule has 1 rings (SSSR count). The Balaban J connectivity index is 2.45. The van der Waals surface area contributed by atoms with Crippen molar-refractivity contribution < 1.29 is 4.79 Å². The number of hydrogen-bond acceptors (Lipinski definition) is 3. The largest absolute Gasteiger partial charge is 0.356 e. The van der Waals surface area contributed by atoms with Gasteiger partial charge in [0.15, 0.2) is 0 Å². The Morgan fingerprint density at radius 2 is 1.90 bits per heavy atom. The van der Waals surface area contributed by atoms with E-state index in [-0.39, 0.29) is 11.9 Å². The van der Waals surface area contributed by atoms with Gasteiger partial charge in [-0.2, -0.15) is 0 Å². The fraction of sp³-hybridized carbons (Fsp3) is 0.562. The van der Waals surface area contributed by atoms with Gasteiger partial charge in [0.25, 0.3) is 0 Å². The molecule has 4 heteroatoms. The molecule has 0 fully saturated rings. The molecule has 20 heavy (non-hydrogen) atoms. The standard InChI is InChI=1S/C16H27N3O/c1-4-17-15(11-16(20)18-5-2)13-19(3)12-14-9-7-6-8-10-14/h6-10,15,17H,4-5,11-13H2,1-3H3,(H,18,20). The molecule has 1 unspecified atom stereocenters. The van der Waals surface area contributed by atoms with Crippen LogP contribution < -0.4 is 10.6 Å². The third kappa shape index (κ3) is 6.68. The summed E-state index contributed by atoms with van der Waals surface area (Å²) in [6, 6.07) is 10.6. The van der Waals surface area contributed by atoms with Crippen molar-refractivity contribution in [2.75, 3.05) is 26.7 Å². The number of benzene rings is 1. The van der Waals surface area contributed by atoms with E-state index in [1.54, 1.807) is 0 Å². The van der Waals surface area contributed by atoms with Crippen molar-refractivity contribution in [1.29, 1.82) is 0 Å². The molecule has 0 aliphatic carbocycles. The van der Waals surface area contributed by atoms with Crippen LogP contribution in [0.1, 0.15) is 25.8 Å². The number of amides is 1. The van der Waals surface area contributed by atoms with E-state index in [2.05, 4.69) is 53.8 Å². The summed E-state index contributed by atoms with van der Waals surface area (Å²) in [7, 11) is 2.09. The minimum atomic E-state index is 0.117. The first-order chi connectivity index (χ1) is 9.65. The number of rotatable bonds is 9. The molecule has 112 valence electrons. The molecular weight excluding hydrogens is 250 g/mol. The van der Waals surface area contributed by atoms with Crippen molar-refractivity contribution >= 4 is 5.91 Å². The number of nitrogens with one attached hydrogen (secondary N) is 2. The summed E-state index contributed by atoms with van der Waals surface area (Å²) in [6.07, 6.45) is 0.529. The second-order valence-corrected chi connectivity index (χ2v) is 5.09. The van der Waals surface area contributed by atoms with Gasteiger partial charge in [-0.15, -0.1) is 0 Å². The molecule has 0 aliphatic rings. The molecule has 0 saturated carbocycles. The lowest BCUT2D eigenvalue weighted by atomic mass is 10.1. The maximum atomic E-state index is 11.7. The Kier molecular flexibility index (Phi) is 7.92. The van der Waals surface area contributed by atoms with E-state index >= 15 is 0 Å². The van der Waals surface area contributed by atoms with Gasteiger partial charge in [0.2, 0.25) is 5.91 Å². The van der Waals surface area contributed by atoms with Crippen molar-refractivity contribution in [3.8, 4) is 0 Å². The number of carbonyl (C=O) groups is 1. The van der Waals surface area contributed by atoms with Gasteiger partial charge in [-0.25, -0.2) is 0 Å². The molecule has 0 heterocycles. The molecule has 1 aromatic carbocycles. The minimum Gasteiger partial charge on any atom is -0.356 e. The van der Waals surface area contributed by atoms with Crippen LogP contribution in [-0.4, -0.2) is 43.5 Å². The second-order valence-electron chi connectivity index (χ2n) is 5.09. The molecule has 0 bridgehead atoms. The van der Waals surface area contributed by atoms with E-state index in [0.29, 0.717) is 13.0 Å². The number of carbonyl (C=O) groups excluding carboxylic acids is 1. The third-order valence-corrected chi connectivity index (χ3v) is 3.13. The highest BCUT2D eigenvalue weighted by Gasteiger charge is 2.14. The highest BCUT2D eigenvalue weighted by molar-refractivity contribution is 5.76. The van der Waals surface area contributed by atoms with Gasteiger partial charge in [-0.3, -0.25) is 4.79 Å². The summed E-state index contributed by atoms with van der Waals surface area (Å²) < 4.78 is 0. The molecule has 4 nitrogen and oxygen atoms in total.